The van der Waals surface area contributed by atoms with Crippen molar-refractivity contribution in [3.05, 3.63) is 29.8 Å². The molecule has 1 fully saturated rings. The lowest BCUT2D eigenvalue weighted by Gasteiger charge is -2.25. The lowest BCUT2D eigenvalue weighted by atomic mass is 10.2. The summed E-state index contributed by atoms with van der Waals surface area (Å²) >= 11 is 0. The lowest BCUT2D eigenvalue weighted by molar-refractivity contribution is -0.153. The molecule has 0 radical (unpaired) electrons. The molecule has 0 saturated carbocycles. The van der Waals surface area contributed by atoms with Gasteiger partial charge in [-0.05, 0) is 37.1 Å². The van der Waals surface area contributed by atoms with E-state index in [1.54, 1.807) is 26.2 Å². The van der Waals surface area contributed by atoms with Crippen LogP contribution in [0.3, 0.4) is 0 Å². The maximum absolute atomic E-state index is 12.2. The summed E-state index contributed by atoms with van der Waals surface area (Å²) in [6.07, 6.45) is -2.82. The third kappa shape index (κ3) is 6.74. The first-order chi connectivity index (χ1) is 12.7. The van der Waals surface area contributed by atoms with Gasteiger partial charge in [0.15, 0.2) is 6.61 Å². The summed E-state index contributed by atoms with van der Waals surface area (Å²) in [5.41, 5.74) is 0.630. The summed E-state index contributed by atoms with van der Waals surface area (Å²) in [4.78, 5) is 27.7. The van der Waals surface area contributed by atoms with E-state index in [0.29, 0.717) is 12.1 Å². The van der Waals surface area contributed by atoms with Gasteiger partial charge in [-0.1, -0.05) is 12.1 Å². The van der Waals surface area contributed by atoms with Crippen LogP contribution in [-0.4, -0.2) is 67.6 Å². The fourth-order valence-corrected chi connectivity index (χ4v) is 2.94. The molecule has 1 heterocycles. The zero-order valence-corrected chi connectivity index (χ0v) is 15.4. The Balaban J connectivity index is 1.84. The molecule has 1 N–H and O–H groups in total. The number of likely N-dealkylation sites (N-methyl/N-ethyl adjacent to an activating group) is 1. The molecule has 1 aromatic rings. The molecule has 0 aromatic heterocycles. The Morgan fingerprint density at radius 1 is 1.33 bits per heavy atom. The molecule has 150 valence electrons. The number of amides is 2. The number of rotatable bonds is 7. The molecule has 0 spiro atoms. The van der Waals surface area contributed by atoms with E-state index in [0.717, 1.165) is 12.8 Å². The number of halogens is 3. The normalized spacial score (nSPS) is 17.6. The monoisotopic (exact) mass is 387 g/mol. The Labute approximate surface area is 156 Å². The molecule has 1 aliphatic heterocycles. The van der Waals surface area contributed by atoms with E-state index >= 15 is 0 Å². The maximum Gasteiger partial charge on any atom is 0.422 e. The van der Waals surface area contributed by atoms with Crippen molar-refractivity contribution in [2.24, 2.45) is 0 Å². The van der Waals surface area contributed by atoms with Gasteiger partial charge in [0.1, 0.15) is 5.75 Å². The van der Waals surface area contributed by atoms with Crippen molar-refractivity contribution in [3.8, 4) is 5.75 Å². The molecule has 1 saturated heterocycles. The van der Waals surface area contributed by atoms with Crippen LogP contribution in [0.1, 0.15) is 18.4 Å². The minimum atomic E-state index is -4.40. The van der Waals surface area contributed by atoms with Crippen molar-refractivity contribution >= 4 is 11.8 Å². The number of alkyl halides is 3. The van der Waals surface area contributed by atoms with E-state index in [2.05, 4.69) is 5.32 Å². The van der Waals surface area contributed by atoms with E-state index in [9.17, 15) is 22.8 Å². The molecule has 9 heteroatoms. The second-order valence-electron chi connectivity index (χ2n) is 6.69. The van der Waals surface area contributed by atoms with Gasteiger partial charge in [-0.15, -0.1) is 0 Å². The van der Waals surface area contributed by atoms with Crippen molar-refractivity contribution < 1.29 is 27.5 Å². The number of carbonyl (C=O) groups excluding carboxylic acids is 2. The van der Waals surface area contributed by atoms with Gasteiger partial charge in [-0.3, -0.25) is 14.5 Å². The van der Waals surface area contributed by atoms with Crippen molar-refractivity contribution in [1.29, 1.82) is 0 Å². The Bertz CT molecular complexity index is 665. The van der Waals surface area contributed by atoms with Gasteiger partial charge in [0.2, 0.25) is 11.8 Å². The number of carbonyl (C=O) groups is 2. The summed E-state index contributed by atoms with van der Waals surface area (Å²) in [6, 6.07) is 5.86. The molecule has 2 rings (SSSR count). The summed E-state index contributed by atoms with van der Waals surface area (Å²) < 4.78 is 41.3. The third-order valence-electron chi connectivity index (χ3n) is 4.23. The van der Waals surface area contributed by atoms with Gasteiger partial charge >= 0.3 is 6.18 Å². The van der Waals surface area contributed by atoms with E-state index in [1.807, 2.05) is 4.90 Å². The minimum absolute atomic E-state index is 0.0187. The SMILES string of the molecule is CN(C)C(=O)C1CCCN1CC(=O)NCc1cccc(OCC(F)(F)F)c1. The second-order valence-corrected chi connectivity index (χ2v) is 6.69. The maximum atomic E-state index is 12.2. The van der Waals surface area contributed by atoms with Crippen molar-refractivity contribution in [1.82, 2.24) is 15.1 Å². The average molecular weight is 387 g/mol. The van der Waals surface area contributed by atoms with Crippen LogP contribution in [0.2, 0.25) is 0 Å². The van der Waals surface area contributed by atoms with Crippen LogP contribution in [-0.2, 0) is 16.1 Å². The number of likely N-dealkylation sites (tertiary alicyclic amines) is 1. The number of ether oxygens (including phenoxy) is 1. The predicted octanol–water partition coefficient (Wildman–Crippen LogP) is 1.80. The number of nitrogens with one attached hydrogen (secondary N) is 1. The van der Waals surface area contributed by atoms with Gasteiger partial charge < -0.3 is 15.0 Å². The van der Waals surface area contributed by atoms with E-state index in [1.165, 1.54) is 17.0 Å². The number of benzene rings is 1. The van der Waals surface area contributed by atoms with Crippen LogP contribution in [0.15, 0.2) is 24.3 Å². The van der Waals surface area contributed by atoms with Crippen LogP contribution < -0.4 is 10.1 Å². The minimum Gasteiger partial charge on any atom is -0.484 e. The van der Waals surface area contributed by atoms with Crippen LogP contribution in [0.25, 0.3) is 0 Å². The molecule has 6 nitrogen and oxygen atoms in total. The Hall–Kier alpha value is -2.29. The highest BCUT2D eigenvalue weighted by Crippen LogP contribution is 2.20. The molecular weight excluding hydrogens is 363 g/mol. The van der Waals surface area contributed by atoms with Crippen LogP contribution in [0.5, 0.6) is 5.75 Å². The average Bonchev–Trinajstić information content (AvgIpc) is 3.05. The first-order valence-corrected chi connectivity index (χ1v) is 8.66. The zero-order chi connectivity index (χ0) is 20.0. The van der Waals surface area contributed by atoms with Crippen molar-refractivity contribution in [2.75, 3.05) is 33.8 Å². The fraction of sp³-hybridized carbons (Fsp3) is 0.556. The molecule has 1 atom stereocenters. The zero-order valence-electron chi connectivity index (χ0n) is 15.4. The Kier molecular flexibility index (Phi) is 7.06. The molecule has 1 aliphatic rings. The standard InChI is InChI=1S/C18H24F3N3O3/c1-23(2)17(26)15-7-4-8-24(15)11-16(25)22-10-13-5-3-6-14(9-13)27-12-18(19,20)21/h3,5-6,9,15H,4,7-8,10-12H2,1-2H3,(H,22,25). The molecule has 1 unspecified atom stereocenters. The number of hydrogen-bond donors (Lipinski definition) is 1. The lowest BCUT2D eigenvalue weighted by Crippen LogP contribution is -2.46. The molecule has 0 aliphatic carbocycles. The smallest absolute Gasteiger partial charge is 0.422 e. The van der Waals surface area contributed by atoms with Gasteiger partial charge in [0.05, 0.1) is 12.6 Å². The number of hydrogen-bond acceptors (Lipinski definition) is 4. The molecular formula is C18H24F3N3O3. The van der Waals surface area contributed by atoms with E-state index < -0.39 is 12.8 Å². The largest absolute Gasteiger partial charge is 0.484 e. The highest BCUT2D eigenvalue weighted by atomic mass is 19.4. The van der Waals surface area contributed by atoms with Crippen molar-refractivity contribution in [2.45, 2.75) is 31.6 Å². The van der Waals surface area contributed by atoms with Crippen LogP contribution in [0.4, 0.5) is 13.2 Å². The summed E-state index contributed by atoms with van der Waals surface area (Å²) in [6.45, 7) is -0.409. The highest BCUT2D eigenvalue weighted by molar-refractivity contribution is 5.83. The van der Waals surface area contributed by atoms with E-state index in [4.69, 9.17) is 4.74 Å². The fourth-order valence-electron chi connectivity index (χ4n) is 2.94. The van der Waals surface area contributed by atoms with Gasteiger partial charge in [0.25, 0.3) is 0 Å². The Morgan fingerprint density at radius 3 is 2.74 bits per heavy atom. The van der Waals surface area contributed by atoms with Gasteiger partial charge in [-0.25, -0.2) is 0 Å². The second kappa shape index (κ2) is 9.07. The van der Waals surface area contributed by atoms with Crippen LogP contribution >= 0.6 is 0 Å². The summed E-state index contributed by atoms with van der Waals surface area (Å²) in [5, 5.41) is 2.73. The van der Waals surface area contributed by atoms with Crippen LogP contribution in [0, 0.1) is 0 Å². The number of nitrogens with zero attached hydrogens (tertiary/aromatic N) is 2. The van der Waals surface area contributed by atoms with E-state index in [-0.39, 0.29) is 36.7 Å². The van der Waals surface area contributed by atoms with Crippen molar-refractivity contribution in [3.63, 3.8) is 0 Å². The first kappa shape index (κ1) is 21.0. The molecule has 2 amide bonds. The first-order valence-electron chi connectivity index (χ1n) is 8.66. The highest BCUT2D eigenvalue weighted by Gasteiger charge is 2.32. The quantitative estimate of drug-likeness (QED) is 0.775. The predicted molar refractivity (Wildman–Crippen MR) is 93.1 cm³/mol. The van der Waals surface area contributed by atoms with Gasteiger partial charge in [0, 0.05) is 20.6 Å². The molecule has 27 heavy (non-hydrogen) atoms. The summed E-state index contributed by atoms with van der Waals surface area (Å²) in [7, 11) is 3.37. The topological polar surface area (TPSA) is 61.9 Å². The summed E-state index contributed by atoms with van der Waals surface area (Å²) in [5.74, 6) is -0.167. The molecule has 0 bridgehead atoms. The molecule has 1 aromatic carbocycles. The third-order valence-corrected chi connectivity index (χ3v) is 4.23. The Morgan fingerprint density at radius 2 is 2.07 bits per heavy atom. The van der Waals surface area contributed by atoms with Gasteiger partial charge in [-0.2, -0.15) is 13.2 Å².